The lowest BCUT2D eigenvalue weighted by Gasteiger charge is -2.11. The van der Waals surface area contributed by atoms with Crippen LogP contribution in [0.1, 0.15) is 64.8 Å². The summed E-state index contributed by atoms with van der Waals surface area (Å²) in [5, 5.41) is 7.20. The van der Waals surface area contributed by atoms with Crippen molar-refractivity contribution >= 4 is 27.8 Å². The first-order chi connectivity index (χ1) is 14.5. The zero-order valence-corrected chi connectivity index (χ0v) is 19.6. The quantitative estimate of drug-likeness (QED) is 0.587. The topological polar surface area (TPSA) is 70.4 Å². The van der Waals surface area contributed by atoms with Crippen molar-refractivity contribution in [3.05, 3.63) is 35.8 Å². The van der Waals surface area contributed by atoms with Gasteiger partial charge in [0.15, 0.2) is 0 Å². The lowest BCUT2D eigenvalue weighted by molar-refractivity contribution is 0.345. The number of amidine groups is 1. The van der Waals surface area contributed by atoms with Gasteiger partial charge < -0.3 is 4.57 Å². The summed E-state index contributed by atoms with van der Waals surface area (Å²) >= 11 is 0. The van der Waals surface area contributed by atoms with Crippen LogP contribution in [0.2, 0.25) is 0 Å². The third-order valence-electron chi connectivity index (χ3n) is 5.01. The highest BCUT2D eigenvalue weighted by molar-refractivity contribution is 6.02. The largest absolute Gasteiger partial charge is 0.330 e. The number of hydrogen-bond donors (Lipinski definition) is 2. The van der Waals surface area contributed by atoms with Gasteiger partial charge in [0.2, 0.25) is 0 Å². The van der Waals surface area contributed by atoms with Crippen molar-refractivity contribution in [3.63, 3.8) is 0 Å². The van der Waals surface area contributed by atoms with E-state index in [0.717, 1.165) is 33.6 Å². The van der Waals surface area contributed by atoms with Gasteiger partial charge >= 0.3 is 0 Å². The summed E-state index contributed by atoms with van der Waals surface area (Å²) in [6.45, 7) is 10.6. The Hall–Kier alpha value is -2.67. The van der Waals surface area contributed by atoms with Crippen LogP contribution in [0.25, 0.3) is 21.9 Å². The van der Waals surface area contributed by atoms with Gasteiger partial charge in [0.05, 0.1) is 23.7 Å². The van der Waals surface area contributed by atoms with E-state index in [9.17, 15) is 0 Å². The van der Waals surface area contributed by atoms with Gasteiger partial charge in [-0.3, -0.25) is 9.99 Å². The van der Waals surface area contributed by atoms with Crippen LogP contribution in [0, 0.1) is 6.92 Å². The van der Waals surface area contributed by atoms with E-state index in [4.69, 9.17) is 4.98 Å². The number of hydrazine groups is 2. The summed E-state index contributed by atoms with van der Waals surface area (Å²) < 4.78 is 2.13. The summed E-state index contributed by atoms with van der Waals surface area (Å²) in [6, 6.07) is 6.30. The fourth-order valence-corrected chi connectivity index (χ4v) is 3.32. The maximum absolute atomic E-state index is 4.73. The molecule has 0 radical (unpaired) electrons. The molecule has 1 aliphatic rings. The molecular formula is C23H37N7. The Kier molecular flexibility index (Phi) is 9.05. The number of nitrogens with zero attached hydrogens (tertiary/aromatic N) is 5. The third kappa shape index (κ3) is 5.48. The number of hydrazone groups is 1. The fourth-order valence-electron chi connectivity index (χ4n) is 3.32. The van der Waals surface area contributed by atoms with Crippen LogP contribution in [0.5, 0.6) is 0 Å². The number of benzene rings is 1. The van der Waals surface area contributed by atoms with Crippen LogP contribution < -0.4 is 11.1 Å². The van der Waals surface area contributed by atoms with Crippen molar-refractivity contribution in [2.24, 2.45) is 12.1 Å². The summed E-state index contributed by atoms with van der Waals surface area (Å²) in [5.74, 6) is 1.86. The van der Waals surface area contributed by atoms with Crippen molar-refractivity contribution in [1.82, 2.24) is 30.6 Å². The maximum Gasteiger partial charge on any atom is 0.149 e. The molecule has 0 aliphatic carbocycles. The molecule has 3 aromatic rings. The van der Waals surface area contributed by atoms with Gasteiger partial charge in [-0.25, -0.2) is 10.5 Å². The van der Waals surface area contributed by atoms with E-state index in [0.29, 0.717) is 6.42 Å². The molecule has 0 spiro atoms. The molecule has 0 fully saturated rings. The predicted molar refractivity (Wildman–Crippen MR) is 127 cm³/mol. The van der Waals surface area contributed by atoms with Gasteiger partial charge in [-0.05, 0) is 19.1 Å². The molecule has 164 valence electrons. The van der Waals surface area contributed by atoms with Gasteiger partial charge in [0.1, 0.15) is 17.2 Å². The second-order valence-corrected chi connectivity index (χ2v) is 7.29. The monoisotopic (exact) mass is 411 g/mol. The van der Waals surface area contributed by atoms with Crippen molar-refractivity contribution in [3.8, 4) is 0 Å². The van der Waals surface area contributed by atoms with E-state index in [2.05, 4.69) is 64.7 Å². The first-order valence-electron chi connectivity index (χ1n) is 11.1. The highest BCUT2D eigenvalue weighted by Crippen LogP contribution is 2.25. The standard InChI is InChI=1S/C15H17N7.C6H14.C2H6/c1-9-4-5-11-10(6-9)15-12(8-16-11)17-13(21(15)2)7-14-18-19-20-22(14)3;1-3-5-6-4-2;1-2/h4-6,8,19-20H,7H2,1-3H3;3-6H2,1-2H3;1-2H3. The molecule has 7 heteroatoms. The predicted octanol–water partition coefficient (Wildman–Crippen LogP) is 4.85. The Morgan fingerprint density at radius 3 is 2.30 bits per heavy atom. The van der Waals surface area contributed by atoms with E-state index >= 15 is 0 Å². The average Bonchev–Trinajstić information content (AvgIpc) is 3.31. The van der Waals surface area contributed by atoms with Gasteiger partial charge in [-0.2, -0.15) is 0 Å². The van der Waals surface area contributed by atoms with Gasteiger partial charge in [0.25, 0.3) is 0 Å². The highest BCUT2D eigenvalue weighted by atomic mass is 15.8. The highest BCUT2D eigenvalue weighted by Gasteiger charge is 2.18. The molecule has 0 saturated carbocycles. The molecule has 1 aromatic carbocycles. The van der Waals surface area contributed by atoms with Gasteiger partial charge in [-0.1, -0.05) is 65.0 Å². The van der Waals surface area contributed by atoms with Crippen molar-refractivity contribution < 1.29 is 0 Å². The zero-order valence-electron chi connectivity index (χ0n) is 19.6. The minimum Gasteiger partial charge on any atom is -0.330 e. The molecule has 30 heavy (non-hydrogen) atoms. The minimum absolute atomic E-state index is 0.648. The molecule has 7 nitrogen and oxygen atoms in total. The zero-order chi connectivity index (χ0) is 22.1. The van der Waals surface area contributed by atoms with Gasteiger partial charge in [0, 0.05) is 19.5 Å². The van der Waals surface area contributed by atoms with Crippen molar-refractivity contribution in [2.45, 2.75) is 66.7 Å². The maximum atomic E-state index is 4.73. The molecule has 4 rings (SSSR count). The average molecular weight is 412 g/mol. The molecule has 0 amide bonds. The third-order valence-corrected chi connectivity index (χ3v) is 5.01. The molecule has 0 unspecified atom stereocenters. The summed E-state index contributed by atoms with van der Waals surface area (Å²) in [5.41, 5.74) is 9.90. The van der Waals surface area contributed by atoms with Crippen LogP contribution in [0.3, 0.4) is 0 Å². The molecular weight excluding hydrogens is 374 g/mol. The number of aryl methyl sites for hydroxylation is 2. The number of imidazole rings is 1. The molecule has 0 atom stereocenters. The first kappa shape index (κ1) is 23.6. The molecule has 2 aromatic heterocycles. The van der Waals surface area contributed by atoms with Gasteiger partial charge in [-0.15, -0.1) is 10.6 Å². The molecule has 1 aliphatic heterocycles. The SMILES string of the molecule is CC.CCCCCC.Cc1ccc2ncc3nc(CC4=NNNN4C)n(C)c3c2c1. The number of aromatic nitrogens is 3. The Morgan fingerprint density at radius 1 is 1.00 bits per heavy atom. The normalized spacial score (nSPS) is 12.8. The fraction of sp³-hybridized carbons (Fsp3) is 0.522. The number of pyridine rings is 1. The Balaban J connectivity index is 0.000000348. The van der Waals surface area contributed by atoms with E-state index < -0.39 is 0 Å². The van der Waals surface area contributed by atoms with E-state index in [1.807, 2.05) is 39.1 Å². The second-order valence-electron chi connectivity index (χ2n) is 7.29. The number of rotatable bonds is 5. The Morgan fingerprint density at radius 2 is 1.70 bits per heavy atom. The van der Waals surface area contributed by atoms with Crippen LogP contribution in [0.4, 0.5) is 0 Å². The summed E-state index contributed by atoms with van der Waals surface area (Å²) in [7, 11) is 3.96. The van der Waals surface area contributed by atoms with Crippen LogP contribution >= 0.6 is 0 Å². The van der Waals surface area contributed by atoms with Crippen molar-refractivity contribution in [2.75, 3.05) is 7.05 Å². The van der Waals surface area contributed by atoms with E-state index in [1.165, 1.54) is 31.2 Å². The number of hydrogen-bond acceptors (Lipinski definition) is 6. The second kappa shape index (κ2) is 11.5. The smallest absolute Gasteiger partial charge is 0.149 e. The Bertz CT molecular complexity index is 970. The van der Waals surface area contributed by atoms with Crippen LogP contribution in [-0.2, 0) is 13.5 Å². The van der Waals surface area contributed by atoms with Crippen molar-refractivity contribution in [1.29, 1.82) is 0 Å². The number of nitrogens with one attached hydrogen (secondary N) is 2. The number of fused-ring (bicyclic) bond motifs is 3. The summed E-state index contributed by atoms with van der Waals surface area (Å²) in [4.78, 5) is 9.24. The van der Waals surface area contributed by atoms with Crippen LogP contribution in [-0.4, -0.2) is 32.4 Å². The lowest BCUT2D eigenvalue weighted by atomic mass is 10.1. The number of unbranched alkanes of at least 4 members (excludes halogenated alkanes) is 3. The molecule has 3 heterocycles. The Labute approximate surface area is 180 Å². The first-order valence-corrected chi connectivity index (χ1v) is 11.1. The summed E-state index contributed by atoms with van der Waals surface area (Å²) in [6.07, 6.45) is 8.02. The lowest BCUT2D eigenvalue weighted by Crippen LogP contribution is -2.38. The molecule has 2 N–H and O–H groups in total. The molecule has 0 bridgehead atoms. The van der Waals surface area contributed by atoms with Crippen LogP contribution in [0.15, 0.2) is 29.5 Å². The number of likely N-dealkylation sites (N-methyl/N-ethyl adjacent to an activating group) is 1. The minimum atomic E-state index is 0.648. The van der Waals surface area contributed by atoms with E-state index in [1.54, 1.807) is 0 Å². The van der Waals surface area contributed by atoms with E-state index in [-0.39, 0.29) is 0 Å². The molecule has 0 saturated heterocycles.